The number of furan rings is 1. The number of rotatable bonds is 5. The molecule has 0 aliphatic carbocycles. The van der Waals surface area contributed by atoms with E-state index in [9.17, 15) is 9.59 Å². The third-order valence-corrected chi connectivity index (χ3v) is 5.47. The van der Waals surface area contributed by atoms with Crippen LogP contribution in [0.15, 0.2) is 16.5 Å². The van der Waals surface area contributed by atoms with Gasteiger partial charge in [0.05, 0.1) is 7.11 Å². The van der Waals surface area contributed by atoms with Gasteiger partial charge in [0.25, 0.3) is 11.9 Å². The predicted molar refractivity (Wildman–Crippen MR) is 93.6 cm³/mol. The summed E-state index contributed by atoms with van der Waals surface area (Å²) >= 11 is 0. The number of likely N-dealkylation sites (tertiary alicyclic amines) is 2. The highest BCUT2D eigenvalue weighted by Crippen LogP contribution is 2.39. The van der Waals surface area contributed by atoms with E-state index < -0.39 is 0 Å². The standard InChI is InChI=1S/C19H28N2O4/c1-3-4-11-20-13-19(10-8-16(20)22)9-5-12-21(14-19)18(23)15-6-7-17(24-2)25-15/h6-7H,3-5,8-14H2,1-2H3. The lowest BCUT2D eigenvalue weighted by molar-refractivity contribution is -0.139. The van der Waals surface area contributed by atoms with Crippen LogP contribution in [0.5, 0.6) is 5.95 Å². The molecule has 1 aromatic rings. The summed E-state index contributed by atoms with van der Waals surface area (Å²) in [5.41, 5.74) is 0.0340. The highest BCUT2D eigenvalue weighted by molar-refractivity contribution is 5.91. The number of carbonyl (C=O) groups excluding carboxylic acids is 2. The Hall–Kier alpha value is -1.98. The van der Waals surface area contributed by atoms with Crippen LogP contribution >= 0.6 is 0 Å². The number of nitrogens with zero attached hydrogens (tertiary/aromatic N) is 2. The molecule has 0 N–H and O–H groups in total. The molecule has 1 aromatic heterocycles. The van der Waals surface area contributed by atoms with Gasteiger partial charge in [-0.3, -0.25) is 9.59 Å². The van der Waals surface area contributed by atoms with Crippen LogP contribution < -0.4 is 4.74 Å². The molecule has 2 fully saturated rings. The van der Waals surface area contributed by atoms with Gasteiger partial charge in [-0.2, -0.15) is 0 Å². The van der Waals surface area contributed by atoms with E-state index in [1.165, 1.54) is 7.11 Å². The van der Waals surface area contributed by atoms with Crippen LogP contribution in [0.2, 0.25) is 0 Å². The molecule has 3 rings (SSSR count). The van der Waals surface area contributed by atoms with E-state index in [0.29, 0.717) is 24.7 Å². The topological polar surface area (TPSA) is 63.0 Å². The minimum Gasteiger partial charge on any atom is -0.468 e. The summed E-state index contributed by atoms with van der Waals surface area (Å²) in [6, 6.07) is 3.33. The zero-order valence-corrected chi connectivity index (χ0v) is 15.3. The third kappa shape index (κ3) is 3.83. The van der Waals surface area contributed by atoms with E-state index in [0.717, 1.165) is 51.7 Å². The fourth-order valence-corrected chi connectivity index (χ4v) is 4.07. The Morgan fingerprint density at radius 2 is 2.16 bits per heavy atom. The Morgan fingerprint density at radius 3 is 2.88 bits per heavy atom. The van der Waals surface area contributed by atoms with Gasteiger partial charge in [0, 0.05) is 44.1 Å². The van der Waals surface area contributed by atoms with Gasteiger partial charge in [-0.15, -0.1) is 0 Å². The number of piperidine rings is 2. The van der Waals surface area contributed by atoms with Crippen LogP contribution in [0.25, 0.3) is 0 Å². The highest BCUT2D eigenvalue weighted by Gasteiger charge is 2.43. The second-order valence-electron chi connectivity index (χ2n) is 7.32. The molecule has 1 atom stereocenters. The number of unbranched alkanes of at least 4 members (excludes halogenated alkanes) is 1. The molecule has 1 unspecified atom stereocenters. The van der Waals surface area contributed by atoms with Crippen molar-refractivity contribution in [2.24, 2.45) is 5.41 Å². The maximum atomic E-state index is 12.8. The first-order valence-electron chi connectivity index (χ1n) is 9.28. The molecular formula is C19H28N2O4. The SMILES string of the molecule is CCCCN1CC2(CCCN(C(=O)c3ccc(OC)o3)C2)CCC1=O. The molecule has 6 nitrogen and oxygen atoms in total. The molecule has 138 valence electrons. The molecule has 0 radical (unpaired) electrons. The second-order valence-corrected chi connectivity index (χ2v) is 7.32. The van der Waals surface area contributed by atoms with Crippen molar-refractivity contribution in [3.05, 3.63) is 17.9 Å². The predicted octanol–water partition coefficient (Wildman–Crippen LogP) is 2.93. The van der Waals surface area contributed by atoms with Gasteiger partial charge in [-0.1, -0.05) is 13.3 Å². The van der Waals surface area contributed by atoms with Gasteiger partial charge in [0.1, 0.15) is 0 Å². The van der Waals surface area contributed by atoms with Crippen LogP contribution in [0, 0.1) is 5.41 Å². The minimum atomic E-state index is -0.0839. The molecule has 1 spiro atoms. The molecule has 2 aliphatic heterocycles. The lowest BCUT2D eigenvalue weighted by Crippen LogP contribution is -2.55. The van der Waals surface area contributed by atoms with Crippen molar-refractivity contribution >= 4 is 11.8 Å². The maximum absolute atomic E-state index is 12.8. The zero-order valence-electron chi connectivity index (χ0n) is 15.3. The minimum absolute atomic E-state index is 0.0340. The fourth-order valence-electron chi connectivity index (χ4n) is 4.07. The van der Waals surface area contributed by atoms with Crippen LogP contribution in [-0.2, 0) is 4.79 Å². The Kier molecular flexibility index (Phi) is 5.35. The summed E-state index contributed by atoms with van der Waals surface area (Å²) in [4.78, 5) is 28.9. The molecule has 0 bridgehead atoms. The number of methoxy groups -OCH3 is 1. The van der Waals surface area contributed by atoms with E-state index in [1.807, 2.05) is 9.80 Å². The molecule has 3 heterocycles. The Balaban J connectivity index is 1.69. The number of hydrogen-bond acceptors (Lipinski definition) is 4. The molecule has 2 saturated heterocycles. The zero-order chi connectivity index (χ0) is 17.9. The summed E-state index contributed by atoms with van der Waals surface area (Å²) in [7, 11) is 1.52. The van der Waals surface area contributed by atoms with Crippen molar-refractivity contribution in [3.63, 3.8) is 0 Å². The normalized spacial score (nSPS) is 24.0. The van der Waals surface area contributed by atoms with E-state index in [2.05, 4.69) is 6.92 Å². The summed E-state index contributed by atoms with van der Waals surface area (Å²) in [5.74, 6) is 0.852. The smallest absolute Gasteiger partial charge is 0.289 e. The number of ether oxygens (including phenoxy) is 1. The molecule has 25 heavy (non-hydrogen) atoms. The maximum Gasteiger partial charge on any atom is 0.289 e. The average molecular weight is 348 g/mol. The Labute approximate surface area is 149 Å². The Bertz CT molecular complexity index is 627. The van der Waals surface area contributed by atoms with Crippen molar-refractivity contribution in [1.82, 2.24) is 9.80 Å². The van der Waals surface area contributed by atoms with Crippen molar-refractivity contribution in [3.8, 4) is 5.95 Å². The van der Waals surface area contributed by atoms with Gasteiger partial charge in [0.2, 0.25) is 5.91 Å². The molecule has 6 heteroatoms. The van der Waals surface area contributed by atoms with E-state index in [1.54, 1.807) is 12.1 Å². The molecule has 2 aliphatic rings. The number of hydrogen-bond donors (Lipinski definition) is 0. The molecule has 0 aromatic carbocycles. The monoisotopic (exact) mass is 348 g/mol. The van der Waals surface area contributed by atoms with E-state index in [4.69, 9.17) is 9.15 Å². The summed E-state index contributed by atoms with van der Waals surface area (Å²) in [5, 5.41) is 0. The summed E-state index contributed by atoms with van der Waals surface area (Å²) < 4.78 is 10.5. The van der Waals surface area contributed by atoms with Crippen LogP contribution in [0.1, 0.15) is 56.0 Å². The lowest BCUT2D eigenvalue weighted by atomic mass is 9.73. The van der Waals surface area contributed by atoms with Crippen molar-refractivity contribution in [2.75, 3.05) is 33.3 Å². The van der Waals surface area contributed by atoms with Crippen molar-refractivity contribution < 1.29 is 18.7 Å². The Morgan fingerprint density at radius 1 is 1.32 bits per heavy atom. The van der Waals surface area contributed by atoms with Gasteiger partial charge in [-0.25, -0.2) is 0 Å². The first kappa shape index (κ1) is 17.8. The van der Waals surface area contributed by atoms with Crippen LogP contribution in [0.4, 0.5) is 0 Å². The highest BCUT2D eigenvalue weighted by atomic mass is 16.6. The largest absolute Gasteiger partial charge is 0.468 e. The summed E-state index contributed by atoms with van der Waals surface area (Å²) in [6.07, 6.45) is 5.64. The third-order valence-electron chi connectivity index (χ3n) is 5.47. The van der Waals surface area contributed by atoms with Crippen molar-refractivity contribution in [1.29, 1.82) is 0 Å². The molecular weight excluding hydrogens is 320 g/mol. The van der Waals surface area contributed by atoms with Crippen LogP contribution in [-0.4, -0.2) is 54.9 Å². The van der Waals surface area contributed by atoms with Gasteiger partial charge in [-0.05, 0) is 31.7 Å². The first-order chi connectivity index (χ1) is 12.1. The lowest BCUT2D eigenvalue weighted by Gasteiger charge is -2.48. The average Bonchev–Trinajstić information content (AvgIpc) is 3.11. The van der Waals surface area contributed by atoms with Gasteiger partial charge < -0.3 is 19.0 Å². The fraction of sp³-hybridized carbons (Fsp3) is 0.684. The number of amides is 2. The number of carbonyl (C=O) groups is 2. The van der Waals surface area contributed by atoms with Crippen LogP contribution in [0.3, 0.4) is 0 Å². The van der Waals surface area contributed by atoms with Gasteiger partial charge in [0.15, 0.2) is 5.76 Å². The van der Waals surface area contributed by atoms with E-state index in [-0.39, 0.29) is 17.2 Å². The van der Waals surface area contributed by atoms with Gasteiger partial charge >= 0.3 is 0 Å². The van der Waals surface area contributed by atoms with Crippen molar-refractivity contribution in [2.45, 2.75) is 45.4 Å². The molecule has 2 amide bonds. The first-order valence-corrected chi connectivity index (χ1v) is 9.28. The van der Waals surface area contributed by atoms with E-state index >= 15 is 0 Å². The second kappa shape index (κ2) is 7.50. The quantitative estimate of drug-likeness (QED) is 0.821. The summed E-state index contributed by atoms with van der Waals surface area (Å²) in [6.45, 7) is 5.19. The molecule has 0 saturated carbocycles.